The fourth-order valence-electron chi connectivity index (χ4n) is 2.12. The van der Waals surface area contributed by atoms with E-state index >= 15 is 0 Å². The van der Waals surface area contributed by atoms with Crippen LogP contribution in [0.5, 0.6) is 0 Å². The predicted molar refractivity (Wildman–Crippen MR) is 71.8 cm³/mol. The average Bonchev–Trinajstić information content (AvgIpc) is 2.27. The van der Waals surface area contributed by atoms with Crippen LogP contribution in [-0.2, 0) is 14.3 Å². The first-order valence-corrected chi connectivity index (χ1v) is 7.04. The molecule has 5 nitrogen and oxygen atoms in total. The van der Waals surface area contributed by atoms with Crippen LogP contribution in [0, 0.1) is 11.3 Å². The Balaban J connectivity index is 2.10. The van der Waals surface area contributed by atoms with Crippen LogP contribution in [0.1, 0.15) is 46.0 Å². The van der Waals surface area contributed by atoms with Gasteiger partial charge < -0.3 is 15.2 Å². The zero-order chi connectivity index (χ0) is 14.3. The highest BCUT2D eigenvalue weighted by Gasteiger charge is 2.45. The van der Waals surface area contributed by atoms with Crippen molar-refractivity contribution in [2.24, 2.45) is 11.3 Å². The van der Waals surface area contributed by atoms with Crippen LogP contribution in [0.4, 0.5) is 0 Å². The lowest BCUT2D eigenvalue weighted by atomic mass is 9.66. The minimum Gasteiger partial charge on any atom is -0.481 e. The summed E-state index contributed by atoms with van der Waals surface area (Å²) in [6.07, 6.45) is 3.23. The molecule has 0 spiro atoms. The topological polar surface area (TPSA) is 75.6 Å². The Hall–Kier alpha value is -1.10. The normalized spacial score (nSPS) is 17.0. The van der Waals surface area contributed by atoms with E-state index in [1.807, 2.05) is 0 Å². The zero-order valence-corrected chi connectivity index (χ0v) is 11.9. The third-order valence-electron chi connectivity index (χ3n) is 3.67. The molecule has 0 aromatic rings. The van der Waals surface area contributed by atoms with Crippen molar-refractivity contribution in [1.82, 2.24) is 5.32 Å². The highest BCUT2D eigenvalue weighted by molar-refractivity contribution is 5.85. The second-order valence-electron chi connectivity index (χ2n) is 5.76. The van der Waals surface area contributed by atoms with Crippen LogP contribution in [0.3, 0.4) is 0 Å². The van der Waals surface area contributed by atoms with Crippen LogP contribution < -0.4 is 5.32 Å². The maximum atomic E-state index is 11.7. The summed E-state index contributed by atoms with van der Waals surface area (Å²) >= 11 is 0. The Bertz CT molecular complexity index is 311. The Morgan fingerprint density at radius 2 is 2.00 bits per heavy atom. The Morgan fingerprint density at radius 1 is 1.32 bits per heavy atom. The maximum Gasteiger partial charge on any atom is 0.310 e. The number of aliphatic carboxylic acids is 1. The van der Waals surface area contributed by atoms with E-state index < -0.39 is 11.4 Å². The van der Waals surface area contributed by atoms with Crippen LogP contribution >= 0.6 is 0 Å². The van der Waals surface area contributed by atoms with E-state index in [-0.39, 0.29) is 12.3 Å². The molecular weight excluding hydrogens is 246 g/mol. The molecule has 1 aliphatic carbocycles. The van der Waals surface area contributed by atoms with Crippen LogP contribution in [0.2, 0.25) is 0 Å². The van der Waals surface area contributed by atoms with Crippen molar-refractivity contribution in [2.45, 2.75) is 46.0 Å². The number of nitrogens with one attached hydrogen (secondary N) is 1. The van der Waals surface area contributed by atoms with Gasteiger partial charge in [-0.05, 0) is 25.2 Å². The van der Waals surface area contributed by atoms with E-state index in [0.717, 1.165) is 12.8 Å². The fraction of sp³-hybridized carbons (Fsp3) is 0.857. The highest BCUT2D eigenvalue weighted by atomic mass is 16.5. The van der Waals surface area contributed by atoms with Gasteiger partial charge in [-0.3, -0.25) is 9.59 Å². The lowest BCUT2D eigenvalue weighted by Crippen LogP contribution is -2.43. The number of carbonyl (C=O) groups is 2. The van der Waals surface area contributed by atoms with Gasteiger partial charge >= 0.3 is 5.97 Å². The van der Waals surface area contributed by atoms with Gasteiger partial charge in [0.15, 0.2) is 0 Å². The van der Waals surface area contributed by atoms with Crippen molar-refractivity contribution >= 4 is 11.9 Å². The van der Waals surface area contributed by atoms with Gasteiger partial charge in [0.1, 0.15) is 0 Å². The van der Waals surface area contributed by atoms with Crippen LogP contribution in [0.25, 0.3) is 0 Å². The summed E-state index contributed by atoms with van der Waals surface area (Å²) in [4.78, 5) is 22.8. The summed E-state index contributed by atoms with van der Waals surface area (Å²) in [6.45, 7) is 5.90. The molecular formula is C14H25NO4. The van der Waals surface area contributed by atoms with Gasteiger partial charge in [-0.2, -0.15) is 0 Å². The van der Waals surface area contributed by atoms with Crippen molar-refractivity contribution < 1.29 is 19.4 Å². The molecule has 19 heavy (non-hydrogen) atoms. The van der Waals surface area contributed by atoms with Gasteiger partial charge in [0.25, 0.3) is 0 Å². The third-order valence-corrected chi connectivity index (χ3v) is 3.67. The zero-order valence-electron chi connectivity index (χ0n) is 11.9. The first-order chi connectivity index (χ1) is 8.96. The summed E-state index contributed by atoms with van der Waals surface area (Å²) in [5.41, 5.74) is -0.803. The van der Waals surface area contributed by atoms with E-state index in [1.165, 1.54) is 0 Å². The summed E-state index contributed by atoms with van der Waals surface area (Å²) in [7, 11) is 0. The summed E-state index contributed by atoms with van der Waals surface area (Å²) in [5.74, 6) is -0.416. The first-order valence-electron chi connectivity index (χ1n) is 7.04. The van der Waals surface area contributed by atoms with Gasteiger partial charge in [0.2, 0.25) is 5.91 Å². The van der Waals surface area contributed by atoms with Crippen molar-refractivity contribution in [3.8, 4) is 0 Å². The monoisotopic (exact) mass is 271 g/mol. The van der Waals surface area contributed by atoms with Gasteiger partial charge in [0, 0.05) is 19.6 Å². The van der Waals surface area contributed by atoms with Crippen LogP contribution in [-0.4, -0.2) is 36.7 Å². The predicted octanol–water partition coefficient (Wildman–Crippen LogP) is 1.81. The molecule has 110 valence electrons. The molecule has 1 saturated carbocycles. The molecule has 1 rings (SSSR count). The molecule has 0 atom stereocenters. The minimum atomic E-state index is -0.845. The van der Waals surface area contributed by atoms with E-state index in [9.17, 15) is 9.59 Å². The lowest BCUT2D eigenvalue weighted by Gasteiger charge is -2.36. The fourth-order valence-corrected chi connectivity index (χ4v) is 2.12. The van der Waals surface area contributed by atoms with Gasteiger partial charge in [-0.25, -0.2) is 0 Å². The quantitative estimate of drug-likeness (QED) is 0.627. The molecule has 0 radical (unpaired) electrons. The maximum absolute atomic E-state index is 11.7. The molecule has 0 saturated heterocycles. The molecule has 0 bridgehead atoms. The number of hydrogen-bond acceptors (Lipinski definition) is 3. The molecule has 1 amide bonds. The van der Waals surface area contributed by atoms with Crippen molar-refractivity contribution in [2.75, 3.05) is 19.8 Å². The number of carbonyl (C=O) groups excluding carboxylic acids is 1. The number of carboxylic acid groups (broad SMARTS) is 1. The largest absolute Gasteiger partial charge is 0.481 e. The number of rotatable bonds is 9. The SMILES string of the molecule is CC(C)CCOCCNC(=O)CC1(C(=O)O)CCC1. The summed E-state index contributed by atoms with van der Waals surface area (Å²) < 4.78 is 5.38. The molecule has 1 aliphatic rings. The molecule has 0 aliphatic heterocycles. The van der Waals surface area contributed by atoms with Gasteiger partial charge in [-0.1, -0.05) is 20.3 Å². The molecule has 0 aromatic heterocycles. The summed E-state index contributed by atoms with van der Waals surface area (Å²) in [6, 6.07) is 0. The Labute approximate surface area is 114 Å². The van der Waals surface area contributed by atoms with E-state index in [0.29, 0.717) is 38.5 Å². The average molecular weight is 271 g/mol. The second-order valence-corrected chi connectivity index (χ2v) is 5.76. The first kappa shape index (κ1) is 16.0. The van der Waals surface area contributed by atoms with Gasteiger partial charge in [0.05, 0.1) is 12.0 Å². The molecule has 5 heteroatoms. The third kappa shape index (κ3) is 5.19. The Kier molecular flexibility index (Phi) is 6.28. The minimum absolute atomic E-state index is 0.0916. The van der Waals surface area contributed by atoms with Crippen molar-refractivity contribution in [3.05, 3.63) is 0 Å². The van der Waals surface area contributed by atoms with Crippen molar-refractivity contribution in [1.29, 1.82) is 0 Å². The number of hydrogen-bond donors (Lipinski definition) is 2. The Morgan fingerprint density at radius 3 is 2.47 bits per heavy atom. The smallest absolute Gasteiger partial charge is 0.310 e. The van der Waals surface area contributed by atoms with E-state index in [2.05, 4.69) is 19.2 Å². The standard InChI is InChI=1S/C14H25NO4/c1-11(2)4-8-19-9-7-15-12(16)10-14(13(17)18)5-3-6-14/h11H,3-10H2,1-2H3,(H,15,16)(H,17,18). The summed E-state index contributed by atoms with van der Waals surface area (Å²) in [5, 5.41) is 11.8. The lowest BCUT2D eigenvalue weighted by molar-refractivity contribution is -0.157. The molecule has 2 N–H and O–H groups in total. The van der Waals surface area contributed by atoms with Crippen LogP contribution in [0.15, 0.2) is 0 Å². The number of carboxylic acids is 1. The second kappa shape index (κ2) is 7.48. The number of ether oxygens (including phenoxy) is 1. The van der Waals surface area contributed by atoms with E-state index in [1.54, 1.807) is 0 Å². The molecule has 0 aromatic carbocycles. The molecule has 0 heterocycles. The van der Waals surface area contributed by atoms with Crippen molar-refractivity contribution in [3.63, 3.8) is 0 Å². The molecule has 0 unspecified atom stereocenters. The number of amides is 1. The molecule has 1 fully saturated rings. The van der Waals surface area contributed by atoms with E-state index in [4.69, 9.17) is 9.84 Å². The van der Waals surface area contributed by atoms with Gasteiger partial charge in [-0.15, -0.1) is 0 Å². The highest BCUT2D eigenvalue weighted by Crippen LogP contribution is 2.44.